The largest absolute Gasteiger partial charge is 0.467 e. The molecule has 0 saturated heterocycles. The highest BCUT2D eigenvalue weighted by Crippen LogP contribution is 2.31. The minimum atomic E-state index is -0.541. The van der Waals surface area contributed by atoms with Crippen LogP contribution in [0.25, 0.3) is 0 Å². The van der Waals surface area contributed by atoms with Gasteiger partial charge in [0.25, 0.3) is 5.88 Å². The van der Waals surface area contributed by atoms with Crippen LogP contribution in [0.2, 0.25) is 0 Å². The first-order valence-corrected chi connectivity index (χ1v) is 6.57. The molecule has 1 aromatic rings. The van der Waals surface area contributed by atoms with Gasteiger partial charge < -0.3 is 14.8 Å². The Morgan fingerprint density at radius 2 is 2.20 bits per heavy atom. The lowest BCUT2D eigenvalue weighted by Crippen LogP contribution is -2.20. The molecule has 112 valence electrons. The van der Waals surface area contributed by atoms with E-state index < -0.39 is 4.92 Å². The van der Waals surface area contributed by atoms with Crippen molar-refractivity contribution in [3.63, 3.8) is 0 Å². The third-order valence-electron chi connectivity index (χ3n) is 2.38. The maximum atomic E-state index is 11.2. The van der Waals surface area contributed by atoms with E-state index in [0.29, 0.717) is 19.8 Å². The number of ether oxygens (including phenoxy) is 2. The van der Waals surface area contributed by atoms with Crippen molar-refractivity contribution in [2.45, 2.75) is 33.3 Å². The van der Waals surface area contributed by atoms with Crippen LogP contribution in [0.1, 0.15) is 27.2 Å². The monoisotopic (exact) mass is 284 g/mol. The first kappa shape index (κ1) is 16.1. The molecular formula is C12H20N4O4. The second-order valence-electron chi connectivity index (χ2n) is 4.15. The summed E-state index contributed by atoms with van der Waals surface area (Å²) in [6.07, 6.45) is 1.74. The van der Waals surface area contributed by atoms with Crippen molar-refractivity contribution in [1.82, 2.24) is 9.97 Å². The van der Waals surface area contributed by atoms with Crippen molar-refractivity contribution in [1.29, 1.82) is 0 Å². The normalized spacial score (nSPS) is 11.9. The maximum absolute atomic E-state index is 11.2. The van der Waals surface area contributed by atoms with Crippen molar-refractivity contribution in [3.8, 4) is 5.88 Å². The Balaban J connectivity index is 2.91. The second-order valence-corrected chi connectivity index (χ2v) is 4.15. The van der Waals surface area contributed by atoms with Gasteiger partial charge in [-0.3, -0.25) is 10.1 Å². The molecule has 1 aromatic heterocycles. The molecule has 0 aromatic carbocycles. The van der Waals surface area contributed by atoms with Crippen molar-refractivity contribution in [3.05, 3.63) is 16.4 Å². The third-order valence-corrected chi connectivity index (χ3v) is 2.38. The van der Waals surface area contributed by atoms with E-state index in [9.17, 15) is 10.1 Å². The van der Waals surface area contributed by atoms with Gasteiger partial charge in [0.1, 0.15) is 12.4 Å². The molecule has 8 heteroatoms. The van der Waals surface area contributed by atoms with E-state index in [1.54, 1.807) is 6.92 Å². The molecule has 1 N–H and O–H groups in total. The van der Waals surface area contributed by atoms with Crippen LogP contribution in [0.4, 0.5) is 11.5 Å². The molecule has 8 nitrogen and oxygen atoms in total. The van der Waals surface area contributed by atoms with Crippen LogP contribution in [0.3, 0.4) is 0 Å². The van der Waals surface area contributed by atoms with Crippen molar-refractivity contribution in [2.24, 2.45) is 0 Å². The van der Waals surface area contributed by atoms with E-state index in [1.165, 1.54) is 6.33 Å². The number of nitro groups is 1. The summed E-state index contributed by atoms with van der Waals surface area (Å²) < 4.78 is 10.7. The van der Waals surface area contributed by atoms with Crippen LogP contribution in [0.15, 0.2) is 6.33 Å². The van der Waals surface area contributed by atoms with Crippen LogP contribution in [0, 0.1) is 10.1 Å². The van der Waals surface area contributed by atoms with Crippen molar-refractivity contribution >= 4 is 11.5 Å². The highest BCUT2D eigenvalue weighted by molar-refractivity contribution is 5.61. The number of nitrogens with zero attached hydrogens (tertiary/aromatic N) is 3. The lowest BCUT2D eigenvalue weighted by atomic mass is 10.4. The number of anilines is 1. The first-order valence-electron chi connectivity index (χ1n) is 6.57. The van der Waals surface area contributed by atoms with E-state index in [0.717, 1.165) is 6.42 Å². The van der Waals surface area contributed by atoms with Gasteiger partial charge in [-0.15, -0.1) is 0 Å². The van der Waals surface area contributed by atoms with Crippen molar-refractivity contribution < 1.29 is 14.4 Å². The highest BCUT2D eigenvalue weighted by Gasteiger charge is 2.25. The molecule has 0 amide bonds. The summed E-state index contributed by atoms with van der Waals surface area (Å²) >= 11 is 0. The van der Waals surface area contributed by atoms with E-state index >= 15 is 0 Å². The Morgan fingerprint density at radius 3 is 2.80 bits per heavy atom. The zero-order valence-corrected chi connectivity index (χ0v) is 12.0. The molecular weight excluding hydrogens is 264 g/mol. The molecule has 0 bridgehead atoms. The zero-order valence-electron chi connectivity index (χ0n) is 12.0. The summed E-state index contributed by atoms with van der Waals surface area (Å²) in [6, 6.07) is 0. The van der Waals surface area contributed by atoms with Gasteiger partial charge >= 0.3 is 5.69 Å². The second kappa shape index (κ2) is 8.26. The quantitative estimate of drug-likeness (QED) is 0.547. The minimum Gasteiger partial charge on any atom is -0.467 e. The predicted octanol–water partition coefficient (Wildman–Crippen LogP) is 2.01. The lowest BCUT2D eigenvalue weighted by Gasteiger charge is -2.14. The van der Waals surface area contributed by atoms with Gasteiger partial charge in [0, 0.05) is 13.2 Å². The summed E-state index contributed by atoms with van der Waals surface area (Å²) in [7, 11) is 0. The van der Waals surface area contributed by atoms with Gasteiger partial charge in [-0.1, -0.05) is 6.92 Å². The SMILES string of the molecule is CCCNc1ncnc(OC(C)COCC)c1[N+](=O)[O-]. The molecule has 0 fully saturated rings. The number of hydrogen-bond acceptors (Lipinski definition) is 7. The molecule has 1 atom stereocenters. The Kier molecular flexibility index (Phi) is 6.65. The molecule has 1 unspecified atom stereocenters. The Labute approximate surface area is 117 Å². The molecule has 20 heavy (non-hydrogen) atoms. The van der Waals surface area contributed by atoms with Gasteiger partial charge in [0.15, 0.2) is 0 Å². The fraction of sp³-hybridized carbons (Fsp3) is 0.667. The van der Waals surface area contributed by atoms with Crippen LogP contribution < -0.4 is 10.1 Å². The fourth-order valence-electron chi connectivity index (χ4n) is 1.49. The van der Waals surface area contributed by atoms with Gasteiger partial charge in [0.2, 0.25) is 5.82 Å². The molecule has 0 radical (unpaired) electrons. The maximum Gasteiger partial charge on any atom is 0.372 e. The van der Waals surface area contributed by atoms with Crippen molar-refractivity contribution in [2.75, 3.05) is 25.1 Å². The molecule has 0 saturated carbocycles. The zero-order chi connectivity index (χ0) is 15.0. The van der Waals surface area contributed by atoms with Crippen LogP contribution in [-0.2, 0) is 4.74 Å². The molecule has 0 aliphatic rings. The first-order chi connectivity index (χ1) is 9.60. The van der Waals surface area contributed by atoms with Gasteiger partial charge in [-0.05, 0) is 20.3 Å². The standard InChI is InChI=1S/C12H20N4O4/c1-4-6-13-11-10(16(17)18)12(15-8-14-11)20-9(3)7-19-5-2/h8-9H,4-7H2,1-3H3,(H,13,14,15). The third kappa shape index (κ3) is 4.61. The Hall–Kier alpha value is -1.96. The summed E-state index contributed by atoms with van der Waals surface area (Å²) in [4.78, 5) is 18.4. The Morgan fingerprint density at radius 1 is 1.45 bits per heavy atom. The fourth-order valence-corrected chi connectivity index (χ4v) is 1.49. The summed E-state index contributed by atoms with van der Waals surface area (Å²) in [5.41, 5.74) is -0.246. The number of rotatable bonds is 9. The van der Waals surface area contributed by atoms with E-state index in [2.05, 4.69) is 15.3 Å². The summed E-state index contributed by atoms with van der Waals surface area (Å²) in [6.45, 7) is 7.08. The summed E-state index contributed by atoms with van der Waals surface area (Å²) in [5, 5.41) is 14.1. The minimum absolute atomic E-state index is 0.0455. The number of hydrogen-bond donors (Lipinski definition) is 1. The van der Waals surface area contributed by atoms with Gasteiger partial charge in [-0.25, -0.2) is 4.98 Å². The molecule has 0 spiro atoms. The van der Waals surface area contributed by atoms with Gasteiger partial charge in [-0.2, -0.15) is 4.98 Å². The van der Waals surface area contributed by atoms with Crippen LogP contribution in [0.5, 0.6) is 5.88 Å². The summed E-state index contributed by atoms with van der Waals surface area (Å²) in [5.74, 6) is 0.126. The average molecular weight is 284 g/mol. The van der Waals surface area contributed by atoms with E-state index in [4.69, 9.17) is 9.47 Å². The molecule has 0 aliphatic carbocycles. The molecule has 1 heterocycles. The topological polar surface area (TPSA) is 99.4 Å². The van der Waals surface area contributed by atoms with E-state index in [-0.39, 0.29) is 23.5 Å². The number of nitrogens with one attached hydrogen (secondary N) is 1. The average Bonchev–Trinajstić information content (AvgIpc) is 2.42. The van der Waals surface area contributed by atoms with Crippen LogP contribution >= 0.6 is 0 Å². The van der Waals surface area contributed by atoms with Crippen LogP contribution in [-0.4, -0.2) is 40.8 Å². The predicted molar refractivity (Wildman–Crippen MR) is 74.1 cm³/mol. The molecule has 1 rings (SSSR count). The number of aromatic nitrogens is 2. The van der Waals surface area contributed by atoms with Gasteiger partial charge in [0.05, 0.1) is 11.5 Å². The highest BCUT2D eigenvalue weighted by atomic mass is 16.6. The molecule has 0 aliphatic heterocycles. The Bertz CT molecular complexity index is 441. The smallest absolute Gasteiger partial charge is 0.372 e. The van der Waals surface area contributed by atoms with E-state index in [1.807, 2.05) is 13.8 Å². The lowest BCUT2D eigenvalue weighted by molar-refractivity contribution is -0.385.